The van der Waals surface area contributed by atoms with Crippen molar-refractivity contribution in [3.8, 4) is 26.8 Å². The molecule has 0 N–H and O–H groups in total. The first-order valence-corrected chi connectivity index (χ1v) is 12.0. The maximum absolute atomic E-state index is 5.76. The Morgan fingerprint density at radius 3 is 2.47 bits per heavy atom. The molecule has 30 heavy (non-hydrogen) atoms. The highest BCUT2D eigenvalue weighted by atomic mass is 32.1. The first-order valence-electron chi connectivity index (χ1n) is 11.2. The summed E-state index contributed by atoms with van der Waals surface area (Å²) in [7, 11) is 0. The van der Waals surface area contributed by atoms with Crippen LogP contribution in [0.5, 0.6) is 5.75 Å². The first-order chi connectivity index (χ1) is 14.6. The predicted molar refractivity (Wildman–Crippen MR) is 127 cm³/mol. The molecule has 2 aromatic carbocycles. The van der Waals surface area contributed by atoms with Gasteiger partial charge in [-0.15, -0.1) is 11.3 Å². The van der Waals surface area contributed by atoms with Gasteiger partial charge in [-0.2, -0.15) is 0 Å². The average molecular weight is 421 g/mol. The lowest BCUT2D eigenvalue weighted by molar-refractivity contribution is 0.172. The summed E-state index contributed by atoms with van der Waals surface area (Å²) in [6.07, 6.45) is 7.16. The fraction of sp³-hybridized carbons (Fsp3) is 0.423. The van der Waals surface area contributed by atoms with E-state index in [9.17, 15) is 0 Å². The van der Waals surface area contributed by atoms with Gasteiger partial charge in [-0.1, -0.05) is 25.5 Å². The van der Waals surface area contributed by atoms with Crippen molar-refractivity contribution in [1.82, 2.24) is 9.88 Å². The van der Waals surface area contributed by atoms with Crippen LogP contribution in [0.3, 0.4) is 0 Å². The molecule has 4 heteroatoms. The molecule has 0 amide bonds. The van der Waals surface area contributed by atoms with Gasteiger partial charge >= 0.3 is 0 Å². The summed E-state index contributed by atoms with van der Waals surface area (Å²) in [5, 5.41) is 1.10. The van der Waals surface area contributed by atoms with Crippen molar-refractivity contribution < 1.29 is 4.74 Å². The summed E-state index contributed by atoms with van der Waals surface area (Å²) in [5.41, 5.74) is 5.41. The molecule has 0 saturated carbocycles. The topological polar surface area (TPSA) is 25.4 Å². The zero-order chi connectivity index (χ0) is 20.9. The fourth-order valence-corrected chi connectivity index (χ4v) is 4.72. The van der Waals surface area contributed by atoms with E-state index in [0.717, 1.165) is 23.7 Å². The van der Waals surface area contributed by atoms with Gasteiger partial charge in [-0.25, -0.2) is 4.98 Å². The number of unbranched alkanes of at least 4 members (excludes halogenated alkanes) is 1. The van der Waals surface area contributed by atoms with Crippen LogP contribution in [0.1, 0.15) is 51.2 Å². The molecule has 3 aromatic rings. The second-order valence-electron chi connectivity index (χ2n) is 8.44. The second-order valence-corrected chi connectivity index (χ2v) is 9.47. The van der Waals surface area contributed by atoms with Crippen molar-refractivity contribution in [3.63, 3.8) is 0 Å². The molecule has 2 heterocycles. The number of hydrogen-bond acceptors (Lipinski definition) is 4. The molecule has 3 nitrogen and oxygen atoms in total. The normalized spacial score (nSPS) is 14.1. The third-order valence-corrected chi connectivity index (χ3v) is 6.71. The van der Waals surface area contributed by atoms with Gasteiger partial charge in [-0.3, -0.25) is 4.90 Å². The number of hydrogen-bond donors (Lipinski definition) is 0. The number of aryl methyl sites for hydroxylation is 1. The molecular formula is C26H32N2OS. The molecule has 1 aromatic heterocycles. The zero-order valence-corrected chi connectivity index (χ0v) is 19.2. The molecule has 0 bridgehead atoms. The van der Waals surface area contributed by atoms with Crippen molar-refractivity contribution in [1.29, 1.82) is 0 Å². The van der Waals surface area contributed by atoms with Gasteiger partial charge in [0.2, 0.25) is 0 Å². The number of ether oxygens (including phenoxy) is 1. The molecule has 0 aliphatic carbocycles. The van der Waals surface area contributed by atoms with Crippen LogP contribution in [-0.4, -0.2) is 29.1 Å². The van der Waals surface area contributed by atoms with Crippen molar-refractivity contribution in [2.75, 3.05) is 13.1 Å². The molecular weight excluding hydrogens is 388 g/mol. The van der Waals surface area contributed by atoms with Gasteiger partial charge in [0.15, 0.2) is 0 Å². The standard InChI is InChI=1S/C26H32N2OS/c1-4-5-7-21-16-22(8-9-23(21)18-28-14-6-15-28)26-27-17-25(30-26)20-10-12-24(13-11-20)29-19(2)3/h8-13,16-17,19H,4-7,14-15,18H2,1-3H3. The van der Waals surface area contributed by atoms with Crippen LogP contribution < -0.4 is 4.74 Å². The number of aromatic nitrogens is 1. The SMILES string of the molecule is CCCCc1cc(-c2ncc(-c3ccc(OC(C)C)cc3)s2)ccc1CN1CCC1. The molecule has 1 fully saturated rings. The van der Waals surface area contributed by atoms with Crippen LogP contribution in [0, 0.1) is 0 Å². The van der Waals surface area contributed by atoms with E-state index in [2.05, 4.69) is 42.2 Å². The highest BCUT2D eigenvalue weighted by Gasteiger charge is 2.16. The van der Waals surface area contributed by atoms with Gasteiger partial charge in [0.1, 0.15) is 10.8 Å². The number of benzene rings is 2. The van der Waals surface area contributed by atoms with E-state index in [-0.39, 0.29) is 6.10 Å². The Hall–Kier alpha value is -2.17. The van der Waals surface area contributed by atoms with Crippen molar-refractivity contribution in [2.24, 2.45) is 0 Å². The van der Waals surface area contributed by atoms with E-state index in [1.807, 2.05) is 32.2 Å². The Morgan fingerprint density at radius 1 is 1.03 bits per heavy atom. The first kappa shape index (κ1) is 21.1. The molecule has 0 unspecified atom stereocenters. The van der Waals surface area contributed by atoms with Crippen molar-refractivity contribution in [3.05, 3.63) is 59.8 Å². The van der Waals surface area contributed by atoms with Crippen LogP contribution in [-0.2, 0) is 13.0 Å². The van der Waals surface area contributed by atoms with Gasteiger partial charge in [-0.05, 0) is 93.2 Å². The fourth-order valence-electron chi connectivity index (χ4n) is 3.80. The van der Waals surface area contributed by atoms with Crippen LogP contribution in [0.4, 0.5) is 0 Å². The third-order valence-electron chi connectivity index (χ3n) is 5.61. The number of rotatable bonds is 9. The third kappa shape index (κ3) is 5.11. The van der Waals surface area contributed by atoms with Gasteiger partial charge in [0.25, 0.3) is 0 Å². The summed E-state index contributed by atoms with van der Waals surface area (Å²) in [4.78, 5) is 8.49. The van der Waals surface area contributed by atoms with Crippen molar-refractivity contribution >= 4 is 11.3 Å². The van der Waals surface area contributed by atoms with E-state index in [1.54, 1.807) is 11.3 Å². The zero-order valence-electron chi connectivity index (χ0n) is 18.4. The summed E-state index contributed by atoms with van der Waals surface area (Å²) >= 11 is 1.76. The molecule has 0 spiro atoms. The largest absolute Gasteiger partial charge is 0.491 e. The molecule has 1 aliphatic heterocycles. The Labute approximate surface area is 184 Å². The van der Waals surface area contributed by atoms with Gasteiger partial charge in [0.05, 0.1) is 11.0 Å². The van der Waals surface area contributed by atoms with Gasteiger partial charge in [0, 0.05) is 18.3 Å². The Balaban J connectivity index is 1.54. The number of nitrogens with zero attached hydrogens (tertiary/aromatic N) is 2. The smallest absolute Gasteiger partial charge is 0.123 e. The lowest BCUT2D eigenvalue weighted by atomic mass is 9.98. The summed E-state index contributed by atoms with van der Waals surface area (Å²) < 4.78 is 5.76. The molecule has 1 saturated heterocycles. The maximum Gasteiger partial charge on any atom is 0.123 e. The molecule has 1 aliphatic rings. The lowest BCUT2D eigenvalue weighted by Crippen LogP contribution is -2.36. The molecule has 0 atom stereocenters. The minimum Gasteiger partial charge on any atom is -0.491 e. The molecule has 158 valence electrons. The minimum atomic E-state index is 0.192. The van der Waals surface area contributed by atoms with E-state index < -0.39 is 0 Å². The predicted octanol–water partition coefficient (Wildman–Crippen LogP) is 6.81. The van der Waals surface area contributed by atoms with Crippen LogP contribution in [0.25, 0.3) is 21.0 Å². The van der Waals surface area contributed by atoms with E-state index in [0.29, 0.717) is 0 Å². The van der Waals surface area contributed by atoms with Crippen LogP contribution >= 0.6 is 11.3 Å². The molecule has 4 rings (SSSR count). The number of thiazole rings is 1. The highest BCUT2D eigenvalue weighted by Crippen LogP contribution is 2.34. The number of likely N-dealkylation sites (tertiary alicyclic amines) is 1. The van der Waals surface area contributed by atoms with Crippen molar-refractivity contribution in [2.45, 2.75) is 59.1 Å². The van der Waals surface area contributed by atoms with Crippen LogP contribution in [0.15, 0.2) is 48.7 Å². The maximum atomic E-state index is 5.76. The lowest BCUT2D eigenvalue weighted by Gasteiger charge is -2.31. The second kappa shape index (κ2) is 9.76. The highest BCUT2D eigenvalue weighted by molar-refractivity contribution is 7.18. The Kier molecular flexibility index (Phi) is 6.86. The monoisotopic (exact) mass is 420 g/mol. The van der Waals surface area contributed by atoms with E-state index >= 15 is 0 Å². The Bertz CT molecular complexity index is 957. The Morgan fingerprint density at radius 2 is 1.80 bits per heavy atom. The minimum absolute atomic E-state index is 0.192. The summed E-state index contributed by atoms with van der Waals surface area (Å²) in [6.45, 7) is 9.94. The quantitative estimate of drug-likeness (QED) is 0.380. The van der Waals surface area contributed by atoms with E-state index in [1.165, 1.54) is 59.5 Å². The van der Waals surface area contributed by atoms with Crippen LogP contribution in [0.2, 0.25) is 0 Å². The summed E-state index contributed by atoms with van der Waals surface area (Å²) in [6, 6.07) is 15.3. The average Bonchev–Trinajstić information content (AvgIpc) is 3.20. The van der Waals surface area contributed by atoms with E-state index in [4.69, 9.17) is 9.72 Å². The summed E-state index contributed by atoms with van der Waals surface area (Å²) in [5.74, 6) is 0.914. The van der Waals surface area contributed by atoms with Gasteiger partial charge < -0.3 is 4.74 Å². The molecule has 0 radical (unpaired) electrons.